The molecule has 1 aliphatic heterocycles. The second-order valence-corrected chi connectivity index (χ2v) is 8.36. The number of halogens is 1. The van der Waals surface area contributed by atoms with E-state index in [0.29, 0.717) is 16.3 Å². The second kappa shape index (κ2) is 9.38. The summed E-state index contributed by atoms with van der Waals surface area (Å²) in [7, 11) is 0. The van der Waals surface area contributed by atoms with E-state index >= 15 is 0 Å². The smallest absolute Gasteiger partial charge is 0.269 e. The summed E-state index contributed by atoms with van der Waals surface area (Å²) in [4.78, 5) is 15.6. The number of nitriles is 1. The molecule has 5 nitrogen and oxygen atoms in total. The summed E-state index contributed by atoms with van der Waals surface area (Å²) in [5.74, 6) is -0.220. The maximum Gasteiger partial charge on any atom is 0.269 e. The largest absolute Gasteiger partial charge is 0.348 e. The van der Waals surface area contributed by atoms with E-state index in [-0.39, 0.29) is 11.9 Å². The van der Waals surface area contributed by atoms with Gasteiger partial charge in [0, 0.05) is 36.9 Å². The summed E-state index contributed by atoms with van der Waals surface area (Å²) in [5.41, 5.74) is 3.70. The number of hydrogen-bond donors (Lipinski definition) is 1. The van der Waals surface area contributed by atoms with Gasteiger partial charge in [-0.3, -0.25) is 9.69 Å². The first-order valence-corrected chi connectivity index (χ1v) is 10.9. The van der Waals surface area contributed by atoms with E-state index < -0.39 is 0 Å². The molecule has 3 aromatic rings. The Bertz CT molecular complexity index is 1110. The normalized spacial score (nSPS) is 14.9. The van der Waals surface area contributed by atoms with Crippen LogP contribution in [0.1, 0.15) is 40.0 Å². The van der Waals surface area contributed by atoms with Gasteiger partial charge >= 0.3 is 0 Å². The second-order valence-electron chi connectivity index (χ2n) is 7.95. The molecule has 2 heterocycles. The third-order valence-corrected chi connectivity index (χ3v) is 6.30. The van der Waals surface area contributed by atoms with Gasteiger partial charge in [-0.2, -0.15) is 5.26 Å². The van der Waals surface area contributed by atoms with Gasteiger partial charge in [-0.05, 0) is 49.1 Å². The van der Waals surface area contributed by atoms with Crippen molar-refractivity contribution >= 4 is 17.5 Å². The first kappa shape index (κ1) is 21.2. The van der Waals surface area contributed by atoms with Crippen LogP contribution >= 0.6 is 11.6 Å². The maximum absolute atomic E-state index is 13.2. The van der Waals surface area contributed by atoms with Gasteiger partial charge in [0.2, 0.25) is 0 Å². The number of piperidine rings is 1. The number of benzene rings is 2. The zero-order valence-corrected chi connectivity index (χ0v) is 18.3. The highest BCUT2D eigenvalue weighted by atomic mass is 35.5. The van der Waals surface area contributed by atoms with Gasteiger partial charge in [0.15, 0.2) is 0 Å². The molecule has 2 aromatic carbocycles. The molecule has 31 heavy (non-hydrogen) atoms. The van der Waals surface area contributed by atoms with Crippen molar-refractivity contribution in [2.45, 2.75) is 32.4 Å². The van der Waals surface area contributed by atoms with Crippen LogP contribution in [0.3, 0.4) is 0 Å². The molecule has 0 bridgehead atoms. The molecule has 0 unspecified atom stereocenters. The SMILES string of the molecule is Cc1c(Cl)cccc1-n1ccc(C#N)c1C(=O)NC1CCN(Cc2ccccc2)CC1. The predicted molar refractivity (Wildman–Crippen MR) is 122 cm³/mol. The van der Waals surface area contributed by atoms with Crippen molar-refractivity contribution in [1.29, 1.82) is 5.26 Å². The lowest BCUT2D eigenvalue weighted by Gasteiger charge is -2.32. The third kappa shape index (κ3) is 4.66. The first-order chi connectivity index (χ1) is 15.1. The van der Waals surface area contributed by atoms with Gasteiger partial charge < -0.3 is 9.88 Å². The number of carbonyl (C=O) groups is 1. The molecule has 158 valence electrons. The lowest BCUT2D eigenvalue weighted by atomic mass is 10.0. The Morgan fingerprint density at radius 3 is 2.58 bits per heavy atom. The fourth-order valence-electron chi connectivity index (χ4n) is 4.14. The van der Waals surface area contributed by atoms with Gasteiger partial charge in [0.1, 0.15) is 11.8 Å². The van der Waals surface area contributed by atoms with E-state index in [1.54, 1.807) is 16.8 Å². The molecule has 1 saturated heterocycles. The molecule has 0 atom stereocenters. The highest BCUT2D eigenvalue weighted by Gasteiger charge is 2.25. The van der Waals surface area contributed by atoms with Gasteiger partial charge in [0.25, 0.3) is 5.91 Å². The molecule has 0 radical (unpaired) electrons. The van der Waals surface area contributed by atoms with E-state index in [4.69, 9.17) is 11.6 Å². The average molecular weight is 433 g/mol. The molecule has 4 rings (SSSR count). The van der Waals surface area contributed by atoms with Crippen LogP contribution in [0.5, 0.6) is 0 Å². The van der Waals surface area contributed by atoms with Crippen molar-refractivity contribution in [2.24, 2.45) is 0 Å². The molecule has 6 heteroatoms. The van der Waals surface area contributed by atoms with E-state index in [1.165, 1.54) is 5.56 Å². The first-order valence-electron chi connectivity index (χ1n) is 10.5. The Hall–Kier alpha value is -3.07. The molecular formula is C25H25ClN4O. The minimum Gasteiger partial charge on any atom is -0.348 e. The van der Waals surface area contributed by atoms with Crippen LogP contribution < -0.4 is 5.32 Å². The maximum atomic E-state index is 13.2. The predicted octanol–water partition coefficient (Wildman–Crippen LogP) is 4.71. The fourth-order valence-corrected chi connectivity index (χ4v) is 4.31. The Labute approximate surface area is 187 Å². The standard InChI is InChI=1S/C25H25ClN4O/c1-18-22(26)8-5-9-23(18)30-15-10-20(16-27)24(30)25(31)28-21-11-13-29(14-12-21)17-19-6-3-2-4-7-19/h2-10,15,21H,11-14,17H2,1H3,(H,28,31). The minimum atomic E-state index is -0.220. The van der Waals surface area contributed by atoms with Gasteiger partial charge in [-0.15, -0.1) is 0 Å². The Morgan fingerprint density at radius 2 is 1.87 bits per heavy atom. The number of likely N-dealkylation sites (tertiary alicyclic amines) is 1. The molecule has 0 aliphatic carbocycles. The third-order valence-electron chi connectivity index (χ3n) is 5.89. The lowest BCUT2D eigenvalue weighted by molar-refractivity contribution is 0.0902. The summed E-state index contributed by atoms with van der Waals surface area (Å²) in [5, 5.41) is 13.3. The summed E-state index contributed by atoms with van der Waals surface area (Å²) < 4.78 is 1.76. The quantitative estimate of drug-likeness (QED) is 0.635. The minimum absolute atomic E-state index is 0.0925. The van der Waals surface area contributed by atoms with Crippen molar-refractivity contribution in [3.8, 4) is 11.8 Å². The number of rotatable bonds is 5. The van der Waals surface area contributed by atoms with Crippen LogP contribution in [0.25, 0.3) is 5.69 Å². The van der Waals surface area contributed by atoms with E-state index in [2.05, 4.69) is 40.6 Å². The van der Waals surface area contributed by atoms with E-state index in [1.807, 2.05) is 31.2 Å². The molecular weight excluding hydrogens is 408 g/mol. The highest BCUT2D eigenvalue weighted by Crippen LogP contribution is 2.25. The molecule has 1 amide bonds. The number of hydrogen-bond acceptors (Lipinski definition) is 3. The van der Waals surface area contributed by atoms with E-state index in [0.717, 1.165) is 43.7 Å². The van der Waals surface area contributed by atoms with Crippen molar-refractivity contribution < 1.29 is 4.79 Å². The summed E-state index contributed by atoms with van der Waals surface area (Å²) in [6.07, 6.45) is 3.53. The monoisotopic (exact) mass is 432 g/mol. The van der Waals surface area contributed by atoms with Gasteiger partial charge in [-0.1, -0.05) is 48.0 Å². The molecule has 0 spiro atoms. The number of nitrogens with zero attached hydrogens (tertiary/aromatic N) is 3. The van der Waals surface area contributed by atoms with Crippen molar-refractivity contribution in [3.63, 3.8) is 0 Å². The zero-order chi connectivity index (χ0) is 21.8. The van der Waals surface area contributed by atoms with Gasteiger partial charge in [-0.25, -0.2) is 0 Å². The van der Waals surface area contributed by atoms with Crippen molar-refractivity contribution in [3.05, 3.63) is 88.2 Å². The zero-order valence-electron chi connectivity index (χ0n) is 17.5. The number of aromatic nitrogens is 1. The highest BCUT2D eigenvalue weighted by molar-refractivity contribution is 6.31. The molecule has 1 aliphatic rings. The topological polar surface area (TPSA) is 61.1 Å². The lowest BCUT2D eigenvalue weighted by Crippen LogP contribution is -2.44. The Kier molecular flexibility index (Phi) is 6.41. The summed E-state index contributed by atoms with van der Waals surface area (Å²) in [6, 6.07) is 19.9. The fraction of sp³-hybridized carbons (Fsp3) is 0.280. The van der Waals surface area contributed by atoms with Crippen molar-refractivity contribution in [2.75, 3.05) is 13.1 Å². The average Bonchev–Trinajstić information content (AvgIpc) is 3.22. The van der Waals surface area contributed by atoms with Crippen LogP contribution in [0.15, 0.2) is 60.8 Å². The van der Waals surface area contributed by atoms with Crippen LogP contribution in [0.4, 0.5) is 0 Å². The van der Waals surface area contributed by atoms with Crippen LogP contribution in [-0.4, -0.2) is 34.5 Å². The molecule has 1 aromatic heterocycles. The van der Waals surface area contributed by atoms with Crippen LogP contribution in [0, 0.1) is 18.3 Å². The van der Waals surface area contributed by atoms with Crippen molar-refractivity contribution in [1.82, 2.24) is 14.8 Å². The summed E-state index contributed by atoms with van der Waals surface area (Å²) >= 11 is 6.28. The van der Waals surface area contributed by atoms with E-state index in [9.17, 15) is 10.1 Å². The molecule has 0 saturated carbocycles. The Morgan fingerprint density at radius 1 is 1.13 bits per heavy atom. The van der Waals surface area contributed by atoms with Gasteiger partial charge in [0.05, 0.1) is 11.3 Å². The summed E-state index contributed by atoms with van der Waals surface area (Å²) in [6.45, 7) is 4.70. The number of amides is 1. The van der Waals surface area contributed by atoms with Crippen LogP contribution in [0.2, 0.25) is 5.02 Å². The molecule has 1 fully saturated rings. The molecule has 1 N–H and O–H groups in total. The van der Waals surface area contributed by atoms with Crippen LogP contribution in [-0.2, 0) is 6.54 Å². The Balaban J connectivity index is 1.45. The number of nitrogens with one attached hydrogen (secondary N) is 1. The number of carbonyl (C=O) groups excluding carboxylic acids is 1.